The third kappa shape index (κ3) is 2.58. The van der Waals surface area contributed by atoms with Crippen LogP contribution < -0.4 is 0 Å². The average molecular weight is 273 g/mol. The summed E-state index contributed by atoms with van der Waals surface area (Å²) < 4.78 is 2.14. The summed E-state index contributed by atoms with van der Waals surface area (Å²) in [4.78, 5) is 2.47. The monoisotopic (exact) mass is 272 g/mol. The van der Waals surface area contributed by atoms with Gasteiger partial charge in [0.25, 0.3) is 0 Å². The summed E-state index contributed by atoms with van der Waals surface area (Å²) in [5.41, 5.74) is 0. The zero-order valence-electron chi connectivity index (χ0n) is 9.06. The minimum Gasteiger partial charge on any atom is -0.315 e. The standard InChI is InChI=1S/C10H17BrN4/c1-2-9(5-11)6-14-3-4-15-8-12-13-10(15)7-14/h8-9H,2-7H2,1H3. The molecule has 1 unspecified atom stereocenters. The predicted octanol–water partition coefficient (Wildman–Crippen LogP) is 1.51. The normalized spacial score (nSPS) is 18.8. The molecule has 0 amide bonds. The average Bonchev–Trinajstić information content (AvgIpc) is 2.73. The molecule has 0 fully saturated rings. The van der Waals surface area contributed by atoms with Gasteiger partial charge in [-0.25, -0.2) is 0 Å². The SMILES string of the molecule is CCC(CBr)CN1CCn2cnnc2C1. The molecule has 1 aromatic heterocycles. The zero-order valence-corrected chi connectivity index (χ0v) is 10.7. The van der Waals surface area contributed by atoms with Gasteiger partial charge in [-0.3, -0.25) is 4.90 Å². The molecule has 4 nitrogen and oxygen atoms in total. The van der Waals surface area contributed by atoms with Gasteiger partial charge in [0.15, 0.2) is 0 Å². The van der Waals surface area contributed by atoms with Gasteiger partial charge in [-0.2, -0.15) is 0 Å². The van der Waals surface area contributed by atoms with E-state index in [-0.39, 0.29) is 0 Å². The van der Waals surface area contributed by atoms with Gasteiger partial charge >= 0.3 is 0 Å². The first-order chi connectivity index (χ1) is 7.33. The molecule has 1 atom stereocenters. The molecule has 1 aliphatic rings. The molecule has 0 spiro atoms. The third-order valence-corrected chi connectivity index (χ3v) is 3.95. The van der Waals surface area contributed by atoms with Gasteiger partial charge in [-0.15, -0.1) is 10.2 Å². The number of hydrogen-bond acceptors (Lipinski definition) is 3. The summed E-state index contributed by atoms with van der Waals surface area (Å²) in [6.07, 6.45) is 3.06. The lowest BCUT2D eigenvalue weighted by Crippen LogP contribution is -2.37. The molecule has 1 aromatic rings. The largest absolute Gasteiger partial charge is 0.315 e. The Morgan fingerprint density at radius 3 is 3.13 bits per heavy atom. The van der Waals surface area contributed by atoms with Crippen LogP contribution >= 0.6 is 15.9 Å². The Balaban J connectivity index is 1.92. The zero-order chi connectivity index (χ0) is 10.7. The van der Waals surface area contributed by atoms with Crippen LogP contribution in [0, 0.1) is 5.92 Å². The maximum Gasteiger partial charge on any atom is 0.147 e. The highest BCUT2D eigenvalue weighted by atomic mass is 79.9. The second-order valence-corrected chi connectivity index (χ2v) is 4.75. The van der Waals surface area contributed by atoms with Crippen LogP contribution in [0.5, 0.6) is 0 Å². The lowest BCUT2D eigenvalue weighted by molar-refractivity contribution is 0.190. The van der Waals surface area contributed by atoms with Gasteiger partial charge in [-0.05, 0) is 5.92 Å². The molecule has 0 aliphatic carbocycles. The van der Waals surface area contributed by atoms with Crippen LogP contribution in [0.3, 0.4) is 0 Å². The van der Waals surface area contributed by atoms with Gasteiger partial charge in [0.05, 0.1) is 6.54 Å². The maximum absolute atomic E-state index is 4.13. The van der Waals surface area contributed by atoms with Crippen molar-refractivity contribution in [3.63, 3.8) is 0 Å². The topological polar surface area (TPSA) is 34.0 Å². The first-order valence-electron chi connectivity index (χ1n) is 5.48. The fourth-order valence-electron chi connectivity index (χ4n) is 1.92. The van der Waals surface area contributed by atoms with E-state index in [4.69, 9.17) is 0 Å². The van der Waals surface area contributed by atoms with Crippen molar-refractivity contribution >= 4 is 15.9 Å². The van der Waals surface area contributed by atoms with Crippen LogP contribution in [0.2, 0.25) is 0 Å². The third-order valence-electron chi connectivity index (χ3n) is 3.03. The van der Waals surface area contributed by atoms with E-state index in [2.05, 4.69) is 42.5 Å². The Hall–Kier alpha value is -0.420. The lowest BCUT2D eigenvalue weighted by Gasteiger charge is -2.29. The highest BCUT2D eigenvalue weighted by Crippen LogP contribution is 2.14. The van der Waals surface area contributed by atoms with Gasteiger partial charge in [0.1, 0.15) is 12.2 Å². The Bertz CT molecular complexity index is 308. The quantitative estimate of drug-likeness (QED) is 0.780. The number of halogens is 1. The molecule has 2 heterocycles. The van der Waals surface area contributed by atoms with Gasteiger partial charge < -0.3 is 4.57 Å². The number of rotatable bonds is 4. The lowest BCUT2D eigenvalue weighted by atomic mass is 10.1. The van der Waals surface area contributed by atoms with E-state index < -0.39 is 0 Å². The fourth-order valence-corrected chi connectivity index (χ4v) is 2.59. The first-order valence-corrected chi connectivity index (χ1v) is 6.60. The summed E-state index contributed by atoms with van der Waals surface area (Å²) in [5.74, 6) is 1.85. The summed E-state index contributed by atoms with van der Waals surface area (Å²) >= 11 is 3.57. The first kappa shape index (κ1) is 11.1. The Labute approximate surface area is 98.8 Å². The van der Waals surface area contributed by atoms with E-state index in [9.17, 15) is 0 Å². The summed E-state index contributed by atoms with van der Waals surface area (Å²) in [7, 11) is 0. The Morgan fingerprint density at radius 2 is 2.40 bits per heavy atom. The van der Waals surface area contributed by atoms with Crippen LogP contribution in [0.15, 0.2) is 6.33 Å². The number of alkyl halides is 1. The predicted molar refractivity (Wildman–Crippen MR) is 62.9 cm³/mol. The maximum atomic E-state index is 4.13. The minimum atomic E-state index is 0.750. The molecule has 0 saturated carbocycles. The van der Waals surface area contributed by atoms with Crippen molar-refractivity contribution in [3.8, 4) is 0 Å². The van der Waals surface area contributed by atoms with Crippen molar-refractivity contribution in [2.45, 2.75) is 26.4 Å². The van der Waals surface area contributed by atoms with Crippen LogP contribution in [0.4, 0.5) is 0 Å². The summed E-state index contributed by atoms with van der Waals surface area (Å²) in [6.45, 7) is 6.51. The number of fused-ring (bicyclic) bond motifs is 1. The molecular weight excluding hydrogens is 256 g/mol. The second kappa shape index (κ2) is 5.07. The van der Waals surface area contributed by atoms with E-state index in [0.717, 1.165) is 43.3 Å². The van der Waals surface area contributed by atoms with Crippen LogP contribution in [-0.2, 0) is 13.1 Å². The van der Waals surface area contributed by atoms with Crippen molar-refractivity contribution in [2.24, 2.45) is 5.92 Å². The minimum absolute atomic E-state index is 0.750. The van der Waals surface area contributed by atoms with E-state index >= 15 is 0 Å². The number of aromatic nitrogens is 3. The molecule has 0 saturated heterocycles. The van der Waals surface area contributed by atoms with Gasteiger partial charge in [-0.1, -0.05) is 29.3 Å². The van der Waals surface area contributed by atoms with Crippen LogP contribution in [0.1, 0.15) is 19.2 Å². The highest BCUT2D eigenvalue weighted by Gasteiger charge is 2.19. The molecule has 1 aliphatic heterocycles. The molecule has 2 rings (SSSR count). The summed E-state index contributed by atoms with van der Waals surface area (Å²) in [6, 6.07) is 0. The van der Waals surface area contributed by atoms with E-state index in [0.29, 0.717) is 0 Å². The highest BCUT2D eigenvalue weighted by molar-refractivity contribution is 9.09. The second-order valence-electron chi connectivity index (χ2n) is 4.10. The summed E-state index contributed by atoms with van der Waals surface area (Å²) in [5, 5.41) is 9.15. The van der Waals surface area contributed by atoms with Crippen molar-refractivity contribution in [1.82, 2.24) is 19.7 Å². The molecule has 84 valence electrons. The van der Waals surface area contributed by atoms with Gasteiger partial charge in [0, 0.05) is 25.0 Å². The molecule has 15 heavy (non-hydrogen) atoms. The van der Waals surface area contributed by atoms with Gasteiger partial charge in [0.2, 0.25) is 0 Å². The molecule has 0 N–H and O–H groups in total. The van der Waals surface area contributed by atoms with E-state index in [1.54, 1.807) is 0 Å². The van der Waals surface area contributed by atoms with Crippen molar-refractivity contribution in [3.05, 3.63) is 12.2 Å². The van der Waals surface area contributed by atoms with Crippen LogP contribution in [-0.4, -0.2) is 38.1 Å². The van der Waals surface area contributed by atoms with E-state index in [1.165, 1.54) is 6.42 Å². The van der Waals surface area contributed by atoms with Crippen molar-refractivity contribution in [2.75, 3.05) is 18.4 Å². The molecule has 0 bridgehead atoms. The molecular formula is C10H17BrN4. The molecule has 0 aromatic carbocycles. The number of hydrogen-bond donors (Lipinski definition) is 0. The number of nitrogens with zero attached hydrogens (tertiary/aromatic N) is 4. The molecule has 0 radical (unpaired) electrons. The van der Waals surface area contributed by atoms with Crippen LogP contribution in [0.25, 0.3) is 0 Å². The van der Waals surface area contributed by atoms with Crippen molar-refractivity contribution in [1.29, 1.82) is 0 Å². The Kier molecular flexibility index (Phi) is 3.75. The van der Waals surface area contributed by atoms with Crippen molar-refractivity contribution < 1.29 is 0 Å². The fraction of sp³-hybridized carbons (Fsp3) is 0.800. The Morgan fingerprint density at radius 1 is 1.53 bits per heavy atom. The van der Waals surface area contributed by atoms with E-state index in [1.807, 2.05) is 6.33 Å². The smallest absolute Gasteiger partial charge is 0.147 e. The molecule has 5 heteroatoms.